The lowest BCUT2D eigenvalue weighted by Gasteiger charge is -2.22. The van der Waals surface area contributed by atoms with Crippen molar-refractivity contribution in [2.24, 2.45) is 0 Å². The standard InChI is InChI=1S/C10H16N4O2/c15-9(5-14-8-11-7-13-14)12-6-10(16)3-1-2-4-10/h7-8,16H,1-6H2,(H,12,15). The Balaban J connectivity index is 1.75. The highest BCUT2D eigenvalue weighted by Crippen LogP contribution is 2.28. The molecule has 0 aromatic carbocycles. The minimum absolute atomic E-state index is 0.147. The van der Waals surface area contributed by atoms with E-state index in [1.165, 1.54) is 17.3 Å². The number of rotatable bonds is 4. The van der Waals surface area contributed by atoms with Crippen LogP contribution in [0.5, 0.6) is 0 Å². The molecule has 1 aromatic heterocycles. The molecule has 0 atom stereocenters. The van der Waals surface area contributed by atoms with Gasteiger partial charge in [-0.15, -0.1) is 0 Å². The molecule has 1 saturated carbocycles. The van der Waals surface area contributed by atoms with E-state index in [2.05, 4.69) is 15.4 Å². The Kier molecular flexibility index (Phi) is 3.19. The van der Waals surface area contributed by atoms with E-state index in [-0.39, 0.29) is 12.5 Å². The Bertz CT molecular complexity index is 344. The molecule has 6 nitrogen and oxygen atoms in total. The van der Waals surface area contributed by atoms with Gasteiger partial charge >= 0.3 is 0 Å². The average Bonchev–Trinajstić information content (AvgIpc) is 2.88. The van der Waals surface area contributed by atoms with Crippen LogP contribution in [-0.2, 0) is 11.3 Å². The van der Waals surface area contributed by atoms with E-state index >= 15 is 0 Å². The van der Waals surface area contributed by atoms with Crippen molar-refractivity contribution in [2.75, 3.05) is 6.54 Å². The van der Waals surface area contributed by atoms with Gasteiger partial charge in [0, 0.05) is 6.54 Å². The van der Waals surface area contributed by atoms with Crippen LogP contribution in [0.25, 0.3) is 0 Å². The lowest BCUT2D eigenvalue weighted by atomic mass is 10.0. The van der Waals surface area contributed by atoms with Crippen LogP contribution in [0.15, 0.2) is 12.7 Å². The van der Waals surface area contributed by atoms with Crippen molar-refractivity contribution in [2.45, 2.75) is 37.8 Å². The lowest BCUT2D eigenvalue weighted by Crippen LogP contribution is -2.41. The molecule has 1 aliphatic carbocycles. The van der Waals surface area contributed by atoms with Crippen molar-refractivity contribution in [3.05, 3.63) is 12.7 Å². The summed E-state index contributed by atoms with van der Waals surface area (Å²) in [6.07, 6.45) is 6.50. The molecule has 2 N–H and O–H groups in total. The molecule has 0 unspecified atom stereocenters. The first-order chi connectivity index (χ1) is 7.68. The number of carbonyl (C=O) groups is 1. The minimum Gasteiger partial charge on any atom is -0.388 e. The van der Waals surface area contributed by atoms with Crippen molar-refractivity contribution in [3.8, 4) is 0 Å². The number of aliphatic hydroxyl groups is 1. The van der Waals surface area contributed by atoms with Crippen molar-refractivity contribution in [3.63, 3.8) is 0 Å². The number of nitrogens with zero attached hydrogens (tertiary/aromatic N) is 3. The SMILES string of the molecule is O=C(Cn1cncn1)NCC1(O)CCCC1. The van der Waals surface area contributed by atoms with Crippen LogP contribution in [0.2, 0.25) is 0 Å². The van der Waals surface area contributed by atoms with Gasteiger partial charge in [0.15, 0.2) is 0 Å². The molecule has 1 amide bonds. The molecular weight excluding hydrogens is 208 g/mol. The summed E-state index contributed by atoms with van der Waals surface area (Å²) < 4.78 is 1.45. The van der Waals surface area contributed by atoms with Gasteiger partial charge in [-0.3, -0.25) is 4.79 Å². The van der Waals surface area contributed by atoms with Gasteiger partial charge in [-0.05, 0) is 12.8 Å². The van der Waals surface area contributed by atoms with Crippen LogP contribution in [0, 0.1) is 0 Å². The van der Waals surface area contributed by atoms with Gasteiger partial charge in [-0.2, -0.15) is 5.10 Å². The van der Waals surface area contributed by atoms with Crippen LogP contribution in [0.4, 0.5) is 0 Å². The van der Waals surface area contributed by atoms with E-state index in [4.69, 9.17) is 0 Å². The van der Waals surface area contributed by atoms with E-state index in [0.29, 0.717) is 6.54 Å². The molecule has 2 rings (SSSR count). The van der Waals surface area contributed by atoms with Crippen LogP contribution >= 0.6 is 0 Å². The van der Waals surface area contributed by atoms with Crippen LogP contribution < -0.4 is 5.32 Å². The fourth-order valence-corrected chi connectivity index (χ4v) is 1.99. The second-order valence-electron chi connectivity index (χ2n) is 4.30. The van der Waals surface area contributed by atoms with Crippen molar-refractivity contribution >= 4 is 5.91 Å². The highest BCUT2D eigenvalue weighted by atomic mass is 16.3. The summed E-state index contributed by atoms with van der Waals surface area (Å²) in [4.78, 5) is 15.2. The summed E-state index contributed by atoms with van der Waals surface area (Å²) in [5.74, 6) is -0.147. The van der Waals surface area contributed by atoms with Crippen molar-refractivity contribution in [1.29, 1.82) is 0 Å². The molecule has 88 valence electrons. The van der Waals surface area contributed by atoms with Gasteiger partial charge in [-0.25, -0.2) is 9.67 Å². The first kappa shape index (κ1) is 11.1. The Hall–Kier alpha value is -1.43. The number of aromatic nitrogens is 3. The second-order valence-corrected chi connectivity index (χ2v) is 4.30. The molecular formula is C10H16N4O2. The second kappa shape index (κ2) is 4.61. The van der Waals surface area contributed by atoms with E-state index in [9.17, 15) is 9.90 Å². The van der Waals surface area contributed by atoms with Gasteiger partial charge in [0.1, 0.15) is 19.2 Å². The Morgan fingerprint density at radius 1 is 1.50 bits per heavy atom. The minimum atomic E-state index is -0.696. The fourth-order valence-electron chi connectivity index (χ4n) is 1.99. The molecule has 0 saturated heterocycles. The number of hydrogen-bond acceptors (Lipinski definition) is 4. The Labute approximate surface area is 93.7 Å². The topological polar surface area (TPSA) is 80.0 Å². The Morgan fingerprint density at radius 3 is 2.88 bits per heavy atom. The molecule has 6 heteroatoms. The number of amides is 1. The van der Waals surface area contributed by atoms with E-state index in [0.717, 1.165) is 25.7 Å². The zero-order valence-corrected chi connectivity index (χ0v) is 9.09. The molecule has 1 fully saturated rings. The number of carbonyl (C=O) groups excluding carboxylic acids is 1. The molecule has 0 aliphatic heterocycles. The van der Waals surface area contributed by atoms with Gasteiger partial charge in [0.2, 0.25) is 5.91 Å². The molecule has 1 heterocycles. The zero-order valence-electron chi connectivity index (χ0n) is 9.09. The molecule has 1 aromatic rings. The van der Waals surface area contributed by atoms with Crippen LogP contribution in [0.1, 0.15) is 25.7 Å². The monoisotopic (exact) mass is 224 g/mol. The summed E-state index contributed by atoms with van der Waals surface area (Å²) in [6, 6.07) is 0. The predicted molar refractivity (Wildman–Crippen MR) is 56.4 cm³/mol. The van der Waals surface area contributed by atoms with E-state index in [1.807, 2.05) is 0 Å². The van der Waals surface area contributed by atoms with Crippen LogP contribution in [0.3, 0.4) is 0 Å². The summed E-state index contributed by atoms with van der Waals surface area (Å²) >= 11 is 0. The number of nitrogens with one attached hydrogen (secondary N) is 1. The molecule has 16 heavy (non-hydrogen) atoms. The van der Waals surface area contributed by atoms with E-state index in [1.54, 1.807) is 0 Å². The summed E-state index contributed by atoms with van der Waals surface area (Å²) in [5, 5.41) is 16.6. The first-order valence-electron chi connectivity index (χ1n) is 5.49. The highest BCUT2D eigenvalue weighted by Gasteiger charge is 2.31. The third-order valence-electron chi connectivity index (χ3n) is 2.92. The maximum absolute atomic E-state index is 11.5. The quantitative estimate of drug-likeness (QED) is 0.735. The van der Waals surface area contributed by atoms with Gasteiger partial charge < -0.3 is 10.4 Å². The highest BCUT2D eigenvalue weighted by molar-refractivity contribution is 5.75. The molecule has 0 spiro atoms. The van der Waals surface area contributed by atoms with Crippen molar-refractivity contribution in [1.82, 2.24) is 20.1 Å². The fraction of sp³-hybridized carbons (Fsp3) is 0.700. The maximum Gasteiger partial charge on any atom is 0.241 e. The summed E-state index contributed by atoms with van der Waals surface area (Å²) in [6.45, 7) is 0.483. The van der Waals surface area contributed by atoms with Gasteiger partial charge in [0.05, 0.1) is 5.60 Å². The molecule has 0 radical (unpaired) electrons. The first-order valence-corrected chi connectivity index (χ1v) is 5.49. The predicted octanol–water partition coefficient (Wildman–Crippen LogP) is -0.301. The smallest absolute Gasteiger partial charge is 0.241 e. The molecule has 0 bridgehead atoms. The van der Waals surface area contributed by atoms with E-state index < -0.39 is 5.60 Å². The number of hydrogen-bond donors (Lipinski definition) is 2. The molecule has 1 aliphatic rings. The lowest BCUT2D eigenvalue weighted by molar-refractivity contribution is -0.123. The summed E-state index contributed by atoms with van der Waals surface area (Å²) in [5.41, 5.74) is -0.696. The third kappa shape index (κ3) is 2.79. The maximum atomic E-state index is 11.5. The van der Waals surface area contributed by atoms with Gasteiger partial charge in [-0.1, -0.05) is 12.8 Å². The summed E-state index contributed by atoms with van der Waals surface area (Å²) in [7, 11) is 0. The van der Waals surface area contributed by atoms with Crippen molar-refractivity contribution < 1.29 is 9.90 Å². The Morgan fingerprint density at radius 2 is 2.25 bits per heavy atom. The zero-order chi connectivity index (χ0) is 11.4. The van der Waals surface area contributed by atoms with Crippen LogP contribution in [-0.4, -0.2) is 37.9 Å². The third-order valence-corrected chi connectivity index (χ3v) is 2.92. The largest absolute Gasteiger partial charge is 0.388 e. The normalized spacial score (nSPS) is 18.6. The van der Waals surface area contributed by atoms with Gasteiger partial charge in [0.25, 0.3) is 0 Å². The average molecular weight is 224 g/mol.